The van der Waals surface area contributed by atoms with Crippen LogP contribution in [-0.4, -0.2) is 56.1 Å². The van der Waals surface area contributed by atoms with Gasteiger partial charge < -0.3 is 9.47 Å². The highest BCUT2D eigenvalue weighted by Crippen LogP contribution is 2.17. The molecule has 0 atom stereocenters. The predicted molar refractivity (Wildman–Crippen MR) is 75.3 cm³/mol. The van der Waals surface area contributed by atoms with Crippen molar-refractivity contribution >= 4 is 17.7 Å². The molecule has 2 rings (SSSR count). The Bertz CT molecular complexity index is 421. The number of hydrogen-bond donors (Lipinski definition) is 0. The molecular formula is C14H18FNO3S. The number of benzene rings is 1. The molecule has 1 aliphatic heterocycles. The highest BCUT2D eigenvalue weighted by Gasteiger charge is 2.11. The molecule has 0 bridgehead atoms. The summed E-state index contributed by atoms with van der Waals surface area (Å²) in [7, 11) is 0. The smallest absolute Gasteiger partial charge is 0.316 e. The predicted octanol–water partition coefficient (Wildman–Crippen LogP) is 1.79. The highest BCUT2D eigenvalue weighted by molar-refractivity contribution is 8.00. The monoisotopic (exact) mass is 299 g/mol. The summed E-state index contributed by atoms with van der Waals surface area (Å²) in [6.45, 7) is 4.42. The minimum Gasteiger partial charge on any atom is -0.464 e. The molecule has 0 N–H and O–H groups in total. The Morgan fingerprint density at radius 3 is 2.70 bits per heavy atom. The van der Waals surface area contributed by atoms with E-state index in [9.17, 15) is 9.18 Å². The van der Waals surface area contributed by atoms with Gasteiger partial charge in [-0.1, -0.05) is 0 Å². The van der Waals surface area contributed by atoms with Crippen molar-refractivity contribution in [3.05, 3.63) is 30.1 Å². The molecule has 1 heterocycles. The molecule has 20 heavy (non-hydrogen) atoms. The van der Waals surface area contributed by atoms with Gasteiger partial charge in [-0.15, -0.1) is 11.8 Å². The molecule has 1 aliphatic rings. The Hall–Kier alpha value is -1.11. The van der Waals surface area contributed by atoms with Crippen molar-refractivity contribution in [3.63, 3.8) is 0 Å². The first kappa shape index (κ1) is 15.3. The van der Waals surface area contributed by atoms with Gasteiger partial charge in [0.15, 0.2) is 0 Å². The second-order valence-corrected chi connectivity index (χ2v) is 5.47. The first-order valence-electron chi connectivity index (χ1n) is 6.58. The number of morpholine rings is 1. The summed E-state index contributed by atoms with van der Waals surface area (Å²) in [5.74, 6) is -0.274. The van der Waals surface area contributed by atoms with Crippen LogP contribution >= 0.6 is 11.8 Å². The fourth-order valence-corrected chi connectivity index (χ4v) is 2.52. The number of nitrogens with zero attached hydrogens (tertiary/aromatic N) is 1. The number of ether oxygens (including phenoxy) is 2. The van der Waals surface area contributed by atoms with Crippen molar-refractivity contribution in [2.75, 3.05) is 45.2 Å². The van der Waals surface area contributed by atoms with Crippen molar-refractivity contribution in [3.8, 4) is 0 Å². The fourth-order valence-electron chi connectivity index (χ4n) is 1.83. The number of halogens is 1. The van der Waals surface area contributed by atoms with Crippen LogP contribution in [0.2, 0.25) is 0 Å². The Labute approximate surface area is 122 Å². The SMILES string of the molecule is O=C(CSc1ccc(F)cc1)OCCN1CCOCC1. The van der Waals surface area contributed by atoms with E-state index in [1.54, 1.807) is 12.1 Å². The van der Waals surface area contributed by atoms with Crippen LogP contribution in [0.25, 0.3) is 0 Å². The minimum atomic E-state index is -0.276. The first-order chi connectivity index (χ1) is 9.74. The zero-order valence-electron chi connectivity index (χ0n) is 11.2. The van der Waals surface area contributed by atoms with Crippen LogP contribution < -0.4 is 0 Å². The lowest BCUT2D eigenvalue weighted by molar-refractivity contribution is -0.141. The fraction of sp³-hybridized carbons (Fsp3) is 0.500. The average molecular weight is 299 g/mol. The van der Waals surface area contributed by atoms with Gasteiger partial charge in [-0.05, 0) is 24.3 Å². The Kier molecular flexibility index (Phi) is 6.29. The number of carbonyl (C=O) groups excluding carboxylic acids is 1. The zero-order valence-corrected chi connectivity index (χ0v) is 12.0. The van der Waals surface area contributed by atoms with E-state index in [1.165, 1.54) is 23.9 Å². The van der Waals surface area contributed by atoms with Crippen molar-refractivity contribution in [2.24, 2.45) is 0 Å². The van der Waals surface area contributed by atoms with Gasteiger partial charge in [-0.3, -0.25) is 9.69 Å². The second kappa shape index (κ2) is 8.24. The van der Waals surface area contributed by atoms with E-state index >= 15 is 0 Å². The van der Waals surface area contributed by atoms with Gasteiger partial charge in [-0.25, -0.2) is 4.39 Å². The molecule has 0 saturated carbocycles. The molecule has 0 amide bonds. The molecule has 0 radical (unpaired) electrons. The van der Waals surface area contributed by atoms with Crippen molar-refractivity contribution in [1.82, 2.24) is 4.90 Å². The normalized spacial score (nSPS) is 16.1. The third-order valence-corrected chi connectivity index (χ3v) is 3.93. The molecule has 1 fully saturated rings. The molecule has 1 saturated heterocycles. The van der Waals surface area contributed by atoms with Crippen molar-refractivity contribution < 1.29 is 18.7 Å². The molecular weight excluding hydrogens is 281 g/mol. The topological polar surface area (TPSA) is 38.8 Å². The Morgan fingerprint density at radius 1 is 1.30 bits per heavy atom. The summed E-state index contributed by atoms with van der Waals surface area (Å²) in [5, 5.41) is 0. The van der Waals surface area contributed by atoms with E-state index in [0.29, 0.717) is 6.61 Å². The Balaban J connectivity index is 1.59. The van der Waals surface area contributed by atoms with Crippen LogP contribution in [0.5, 0.6) is 0 Å². The van der Waals surface area contributed by atoms with E-state index < -0.39 is 0 Å². The van der Waals surface area contributed by atoms with Gasteiger partial charge in [0.05, 0.1) is 19.0 Å². The lowest BCUT2D eigenvalue weighted by atomic mass is 10.4. The zero-order chi connectivity index (χ0) is 14.2. The molecule has 6 heteroatoms. The number of esters is 1. The van der Waals surface area contributed by atoms with Gasteiger partial charge in [0, 0.05) is 24.5 Å². The van der Waals surface area contributed by atoms with Crippen LogP contribution in [0.4, 0.5) is 4.39 Å². The molecule has 0 unspecified atom stereocenters. The number of thioether (sulfide) groups is 1. The van der Waals surface area contributed by atoms with Crippen LogP contribution in [0.15, 0.2) is 29.2 Å². The largest absolute Gasteiger partial charge is 0.464 e. The van der Waals surface area contributed by atoms with Crippen LogP contribution in [0, 0.1) is 5.82 Å². The third kappa shape index (κ3) is 5.48. The van der Waals surface area contributed by atoms with E-state index in [2.05, 4.69) is 4.90 Å². The molecule has 1 aromatic carbocycles. The molecule has 0 aromatic heterocycles. The van der Waals surface area contributed by atoms with Crippen LogP contribution in [0.3, 0.4) is 0 Å². The minimum absolute atomic E-state index is 0.243. The average Bonchev–Trinajstić information content (AvgIpc) is 2.48. The molecule has 0 aliphatic carbocycles. The lowest BCUT2D eigenvalue weighted by Crippen LogP contribution is -2.38. The maximum absolute atomic E-state index is 12.7. The summed E-state index contributed by atoms with van der Waals surface area (Å²) in [6, 6.07) is 6.07. The summed E-state index contributed by atoms with van der Waals surface area (Å²) >= 11 is 1.35. The third-order valence-electron chi connectivity index (χ3n) is 2.94. The summed E-state index contributed by atoms with van der Waals surface area (Å²) in [4.78, 5) is 14.6. The van der Waals surface area contributed by atoms with E-state index in [0.717, 1.165) is 37.7 Å². The van der Waals surface area contributed by atoms with E-state index in [4.69, 9.17) is 9.47 Å². The molecule has 0 spiro atoms. The summed E-state index contributed by atoms with van der Waals surface area (Å²) in [6.07, 6.45) is 0. The maximum Gasteiger partial charge on any atom is 0.316 e. The lowest BCUT2D eigenvalue weighted by Gasteiger charge is -2.26. The van der Waals surface area contributed by atoms with Gasteiger partial charge in [-0.2, -0.15) is 0 Å². The highest BCUT2D eigenvalue weighted by atomic mass is 32.2. The maximum atomic E-state index is 12.7. The van der Waals surface area contributed by atoms with Gasteiger partial charge in [0.25, 0.3) is 0 Å². The van der Waals surface area contributed by atoms with E-state index in [-0.39, 0.29) is 17.5 Å². The molecule has 4 nitrogen and oxygen atoms in total. The van der Waals surface area contributed by atoms with Gasteiger partial charge in [0.1, 0.15) is 12.4 Å². The number of rotatable bonds is 6. The van der Waals surface area contributed by atoms with E-state index in [1.807, 2.05) is 0 Å². The van der Waals surface area contributed by atoms with Crippen LogP contribution in [-0.2, 0) is 14.3 Å². The summed E-state index contributed by atoms with van der Waals surface area (Å²) < 4.78 is 23.1. The summed E-state index contributed by atoms with van der Waals surface area (Å²) in [5.41, 5.74) is 0. The van der Waals surface area contributed by atoms with Gasteiger partial charge in [0.2, 0.25) is 0 Å². The van der Waals surface area contributed by atoms with Gasteiger partial charge >= 0.3 is 5.97 Å². The molecule has 110 valence electrons. The van der Waals surface area contributed by atoms with Crippen molar-refractivity contribution in [2.45, 2.75) is 4.90 Å². The number of carbonyl (C=O) groups is 1. The number of hydrogen-bond acceptors (Lipinski definition) is 5. The Morgan fingerprint density at radius 2 is 2.00 bits per heavy atom. The second-order valence-electron chi connectivity index (χ2n) is 4.42. The van der Waals surface area contributed by atoms with Crippen LogP contribution in [0.1, 0.15) is 0 Å². The standard InChI is InChI=1S/C14H18FNO3S/c15-12-1-3-13(4-2-12)20-11-14(17)19-10-7-16-5-8-18-9-6-16/h1-4H,5-11H2. The molecule has 1 aromatic rings. The quantitative estimate of drug-likeness (QED) is 0.591. The van der Waals surface area contributed by atoms with Crippen molar-refractivity contribution in [1.29, 1.82) is 0 Å². The first-order valence-corrected chi connectivity index (χ1v) is 7.57.